The summed E-state index contributed by atoms with van der Waals surface area (Å²) in [5.41, 5.74) is -0.265. The number of aryl methyl sites for hydroxylation is 1. The van der Waals surface area contributed by atoms with E-state index in [1.165, 1.54) is 4.88 Å². The van der Waals surface area contributed by atoms with Gasteiger partial charge in [-0.3, -0.25) is 0 Å². The molecule has 0 saturated heterocycles. The number of furan rings is 1. The number of hydrogen-bond acceptors (Lipinski definition) is 3. The third-order valence-corrected chi connectivity index (χ3v) is 4.34. The zero-order chi connectivity index (χ0) is 12.8. The Bertz CT molecular complexity index is 658. The molecule has 3 heteroatoms. The minimum absolute atomic E-state index is 0.588. The first-order valence-electron chi connectivity index (χ1n) is 5.86. The summed E-state index contributed by atoms with van der Waals surface area (Å²) in [5, 5.41) is 11.7. The van der Waals surface area contributed by atoms with Crippen LogP contribution in [0.3, 0.4) is 0 Å². The molecule has 0 aliphatic heterocycles. The van der Waals surface area contributed by atoms with Crippen LogP contribution in [0.4, 0.5) is 0 Å². The minimum Gasteiger partial charge on any atom is -0.458 e. The van der Waals surface area contributed by atoms with Crippen LogP contribution in [-0.4, -0.2) is 5.11 Å². The molecular weight excluding hydrogens is 244 g/mol. The van der Waals surface area contributed by atoms with E-state index in [9.17, 15) is 5.11 Å². The molecule has 0 radical (unpaired) electrons. The molecule has 2 heterocycles. The van der Waals surface area contributed by atoms with Gasteiger partial charge >= 0.3 is 0 Å². The molecule has 1 N–H and O–H groups in total. The number of aliphatic hydroxyl groups is 1. The molecule has 2 nitrogen and oxygen atoms in total. The average molecular weight is 258 g/mol. The molecule has 0 fully saturated rings. The Labute approximate surface area is 109 Å². The van der Waals surface area contributed by atoms with Gasteiger partial charge in [-0.25, -0.2) is 0 Å². The molecule has 3 rings (SSSR count). The molecule has 2 aromatic heterocycles. The van der Waals surface area contributed by atoms with Crippen molar-refractivity contribution in [1.82, 2.24) is 0 Å². The molecule has 3 aromatic rings. The van der Waals surface area contributed by atoms with Gasteiger partial charge in [0.15, 0.2) is 5.60 Å². The summed E-state index contributed by atoms with van der Waals surface area (Å²) in [6, 6.07) is 13.7. The van der Waals surface area contributed by atoms with Crippen LogP contribution in [0.5, 0.6) is 0 Å². The van der Waals surface area contributed by atoms with Gasteiger partial charge in [0.1, 0.15) is 11.3 Å². The van der Waals surface area contributed by atoms with Crippen molar-refractivity contribution in [3.8, 4) is 0 Å². The SMILES string of the molecule is Cc1ccc(C(C)(O)c2cc3ccccc3o2)s1. The van der Waals surface area contributed by atoms with Crippen molar-refractivity contribution in [1.29, 1.82) is 0 Å². The van der Waals surface area contributed by atoms with Crippen LogP contribution in [0, 0.1) is 6.92 Å². The van der Waals surface area contributed by atoms with Gasteiger partial charge in [-0.1, -0.05) is 18.2 Å². The molecule has 18 heavy (non-hydrogen) atoms. The fourth-order valence-electron chi connectivity index (χ4n) is 2.04. The van der Waals surface area contributed by atoms with E-state index in [0.717, 1.165) is 15.8 Å². The molecule has 0 aliphatic carbocycles. The first kappa shape index (κ1) is 11.5. The summed E-state index contributed by atoms with van der Waals surface area (Å²) in [5.74, 6) is 0.588. The molecular formula is C15H14O2S. The van der Waals surface area contributed by atoms with E-state index >= 15 is 0 Å². The van der Waals surface area contributed by atoms with Crippen LogP contribution >= 0.6 is 11.3 Å². The normalized spacial score (nSPS) is 14.8. The Morgan fingerprint density at radius 2 is 1.94 bits per heavy atom. The first-order chi connectivity index (χ1) is 8.57. The van der Waals surface area contributed by atoms with Gasteiger partial charge in [0, 0.05) is 15.1 Å². The number of para-hydroxylation sites is 1. The van der Waals surface area contributed by atoms with E-state index < -0.39 is 5.60 Å². The number of rotatable bonds is 2. The van der Waals surface area contributed by atoms with Gasteiger partial charge in [-0.05, 0) is 38.1 Å². The highest BCUT2D eigenvalue weighted by Gasteiger charge is 2.31. The highest BCUT2D eigenvalue weighted by atomic mass is 32.1. The van der Waals surface area contributed by atoms with E-state index in [0.29, 0.717) is 5.76 Å². The van der Waals surface area contributed by atoms with Crippen molar-refractivity contribution >= 4 is 22.3 Å². The number of thiophene rings is 1. The average Bonchev–Trinajstić information content (AvgIpc) is 2.94. The molecule has 0 bridgehead atoms. The second-order valence-corrected chi connectivity index (χ2v) is 5.92. The monoisotopic (exact) mass is 258 g/mol. The van der Waals surface area contributed by atoms with Gasteiger partial charge in [0.25, 0.3) is 0 Å². The summed E-state index contributed by atoms with van der Waals surface area (Å²) >= 11 is 1.59. The molecule has 0 saturated carbocycles. The molecule has 92 valence electrons. The second kappa shape index (κ2) is 3.97. The zero-order valence-electron chi connectivity index (χ0n) is 10.3. The first-order valence-corrected chi connectivity index (χ1v) is 6.67. The van der Waals surface area contributed by atoms with Crippen molar-refractivity contribution in [2.45, 2.75) is 19.4 Å². The van der Waals surface area contributed by atoms with Gasteiger partial charge in [0.05, 0.1) is 0 Å². The highest BCUT2D eigenvalue weighted by molar-refractivity contribution is 7.12. The van der Waals surface area contributed by atoms with Crippen molar-refractivity contribution in [3.63, 3.8) is 0 Å². The Morgan fingerprint density at radius 1 is 1.17 bits per heavy atom. The number of fused-ring (bicyclic) bond motifs is 1. The lowest BCUT2D eigenvalue weighted by Crippen LogP contribution is -2.20. The van der Waals surface area contributed by atoms with E-state index in [1.807, 2.05) is 49.4 Å². The Morgan fingerprint density at radius 3 is 2.61 bits per heavy atom. The summed E-state index contributed by atoms with van der Waals surface area (Å²) in [4.78, 5) is 2.08. The van der Waals surface area contributed by atoms with Crippen molar-refractivity contribution in [2.24, 2.45) is 0 Å². The largest absolute Gasteiger partial charge is 0.458 e. The highest BCUT2D eigenvalue weighted by Crippen LogP contribution is 2.36. The van der Waals surface area contributed by atoms with E-state index in [-0.39, 0.29) is 0 Å². The van der Waals surface area contributed by atoms with Gasteiger partial charge in [0.2, 0.25) is 0 Å². The number of benzene rings is 1. The number of hydrogen-bond donors (Lipinski definition) is 1. The molecule has 1 atom stereocenters. The molecule has 0 spiro atoms. The van der Waals surface area contributed by atoms with Gasteiger partial charge in [-0.2, -0.15) is 0 Å². The topological polar surface area (TPSA) is 33.4 Å². The second-order valence-electron chi connectivity index (χ2n) is 4.63. The molecule has 1 aromatic carbocycles. The predicted octanol–water partition coefficient (Wildman–Crippen LogP) is 4.06. The molecule has 0 aliphatic rings. The van der Waals surface area contributed by atoms with Crippen LogP contribution in [0.25, 0.3) is 11.0 Å². The van der Waals surface area contributed by atoms with E-state index in [1.54, 1.807) is 18.3 Å². The fraction of sp³-hybridized carbons (Fsp3) is 0.200. The minimum atomic E-state index is -1.07. The maximum Gasteiger partial charge on any atom is 0.153 e. The van der Waals surface area contributed by atoms with Gasteiger partial charge < -0.3 is 9.52 Å². The molecule has 1 unspecified atom stereocenters. The van der Waals surface area contributed by atoms with Crippen molar-refractivity contribution in [2.75, 3.05) is 0 Å². The summed E-state index contributed by atoms with van der Waals surface area (Å²) in [7, 11) is 0. The Kier molecular flexibility index (Phi) is 2.54. The Hall–Kier alpha value is -1.58. The van der Waals surface area contributed by atoms with Gasteiger partial charge in [-0.15, -0.1) is 11.3 Å². The van der Waals surface area contributed by atoms with E-state index in [4.69, 9.17) is 4.42 Å². The zero-order valence-corrected chi connectivity index (χ0v) is 11.1. The summed E-state index contributed by atoms with van der Waals surface area (Å²) in [6.07, 6.45) is 0. The lowest BCUT2D eigenvalue weighted by molar-refractivity contribution is 0.0824. The lowest BCUT2D eigenvalue weighted by Gasteiger charge is -2.18. The van der Waals surface area contributed by atoms with Crippen LogP contribution < -0.4 is 0 Å². The van der Waals surface area contributed by atoms with Crippen LogP contribution in [-0.2, 0) is 5.60 Å². The summed E-state index contributed by atoms with van der Waals surface area (Å²) < 4.78 is 5.75. The maximum atomic E-state index is 10.7. The lowest BCUT2D eigenvalue weighted by atomic mass is 10.0. The standard InChI is InChI=1S/C15H14O2S/c1-10-7-8-14(18-10)15(2,16)13-9-11-5-3-4-6-12(11)17-13/h3-9,16H,1-2H3. The van der Waals surface area contributed by atoms with Crippen LogP contribution in [0.1, 0.15) is 22.4 Å². The maximum absolute atomic E-state index is 10.7. The third-order valence-electron chi connectivity index (χ3n) is 3.13. The van der Waals surface area contributed by atoms with E-state index in [2.05, 4.69) is 0 Å². The van der Waals surface area contributed by atoms with Crippen LogP contribution in [0.15, 0.2) is 46.9 Å². The van der Waals surface area contributed by atoms with Crippen LogP contribution in [0.2, 0.25) is 0 Å². The third kappa shape index (κ3) is 1.76. The smallest absolute Gasteiger partial charge is 0.153 e. The Balaban J connectivity index is 2.12. The van der Waals surface area contributed by atoms with Crippen molar-refractivity contribution < 1.29 is 9.52 Å². The quantitative estimate of drug-likeness (QED) is 0.752. The molecule has 0 amide bonds. The fourth-order valence-corrected chi connectivity index (χ4v) is 2.96. The predicted molar refractivity (Wildman–Crippen MR) is 73.9 cm³/mol. The summed E-state index contributed by atoms with van der Waals surface area (Å²) in [6.45, 7) is 3.80. The van der Waals surface area contributed by atoms with Crippen molar-refractivity contribution in [3.05, 3.63) is 58.0 Å².